The standard InChI is InChI=1S/C29H34F3NO3/c1-28(2)15-21-24(22(34)16-28)23(17-5-3-4-6-17)25(26(33-21)18-11-13-36-14-12-18)27(35)19-7-9-20(10-8-19)29(30,31)32/h5,7-10,18,22,27,34-35H,3-4,6,11-16H2,1-2H3/t22-,27+/m0/s1. The van der Waals surface area contributed by atoms with Gasteiger partial charge in [0.05, 0.1) is 17.4 Å². The number of fused-ring (bicyclic) bond motifs is 1. The zero-order valence-corrected chi connectivity index (χ0v) is 20.9. The van der Waals surface area contributed by atoms with Gasteiger partial charge in [0.25, 0.3) is 0 Å². The van der Waals surface area contributed by atoms with Crippen LogP contribution in [0, 0.1) is 5.41 Å². The van der Waals surface area contributed by atoms with Crippen LogP contribution in [-0.2, 0) is 17.3 Å². The van der Waals surface area contributed by atoms with Gasteiger partial charge in [0.1, 0.15) is 6.10 Å². The van der Waals surface area contributed by atoms with E-state index in [-0.39, 0.29) is 11.3 Å². The zero-order chi connectivity index (χ0) is 25.7. The largest absolute Gasteiger partial charge is 0.416 e. The van der Waals surface area contributed by atoms with Gasteiger partial charge in [0.15, 0.2) is 0 Å². The molecule has 2 aliphatic carbocycles. The van der Waals surface area contributed by atoms with E-state index in [0.29, 0.717) is 30.8 Å². The summed E-state index contributed by atoms with van der Waals surface area (Å²) in [6.07, 6.45) is 1.49. The molecular weight excluding hydrogens is 467 g/mol. The molecule has 2 heterocycles. The van der Waals surface area contributed by atoms with Gasteiger partial charge in [-0.3, -0.25) is 4.98 Å². The minimum absolute atomic E-state index is 0.0751. The Morgan fingerprint density at radius 1 is 1.11 bits per heavy atom. The number of hydrogen-bond donors (Lipinski definition) is 2. The highest BCUT2D eigenvalue weighted by Gasteiger charge is 2.39. The third kappa shape index (κ3) is 4.85. The van der Waals surface area contributed by atoms with Crippen LogP contribution in [0.4, 0.5) is 13.2 Å². The number of aromatic nitrogens is 1. The first-order valence-corrected chi connectivity index (χ1v) is 12.9. The summed E-state index contributed by atoms with van der Waals surface area (Å²) in [4.78, 5) is 5.14. The van der Waals surface area contributed by atoms with E-state index in [9.17, 15) is 23.4 Å². The lowest BCUT2D eigenvalue weighted by molar-refractivity contribution is -0.137. The summed E-state index contributed by atoms with van der Waals surface area (Å²) in [6.45, 7) is 5.47. The van der Waals surface area contributed by atoms with Crippen LogP contribution < -0.4 is 0 Å². The lowest BCUT2D eigenvalue weighted by Crippen LogP contribution is -2.30. The molecule has 0 unspecified atom stereocenters. The van der Waals surface area contributed by atoms with Gasteiger partial charge in [-0.1, -0.05) is 32.1 Å². The second-order valence-electron chi connectivity index (χ2n) is 11.2. The number of pyridine rings is 1. The molecule has 3 aliphatic rings. The summed E-state index contributed by atoms with van der Waals surface area (Å²) < 4.78 is 45.2. The van der Waals surface area contributed by atoms with Crippen molar-refractivity contribution in [3.05, 3.63) is 69.5 Å². The van der Waals surface area contributed by atoms with Gasteiger partial charge in [0.2, 0.25) is 0 Å². The topological polar surface area (TPSA) is 62.6 Å². The Hall–Kier alpha value is -2.22. The second-order valence-corrected chi connectivity index (χ2v) is 11.2. The van der Waals surface area contributed by atoms with Crippen molar-refractivity contribution in [2.75, 3.05) is 13.2 Å². The van der Waals surface area contributed by atoms with Gasteiger partial charge in [-0.15, -0.1) is 0 Å². The van der Waals surface area contributed by atoms with Gasteiger partial charge in [0, 0.05) is 36.0 Å². The molecule has 4 nitrogen and oxygen atoms in total. The van der Waals surface area contributed by atoms with Crippen molar-refractivity contribution in [1.82, 2.24) is 4.98 Å². The van der Waals surface area contributed by atoms with Crippen LogP contribution in [0.3, 0.4) is 0 Å². The maximum Gasteiger partial charge on any atom is 0.416 e. The van der Waals surface area contributed by atoms with Crippen molar-refractivity contribution < 1.29 is 28.1 Å². The predicted molar refractivity (Wildman–Crippen MR) is 131 cm³/mol. The number of alkyl halides is 3. The monoisotopic (exact) mass is 501 g/mol. The van der Waals surface area contributed by atoms with Crippen LogP contribution in [0.2, 0.25) is 0 Å². The van der Waals surface area contributed by atoms with Crippen LogP contribution >= 0.6 is 0 Å². The van der Waals surface area contributed by atoms with Crippen LogP contribution in [0.25, 0.3) is 5.57 Å². The summed E-state index contributed by atoms with van der Waals surface area (Å²) >= 11 is 0. The van der Waals surface area contributed by atoms with Crippen molar-refractivity contribution in [2.45, 2.75) is 83.1 Å². The Balaban J connectivity index is 1.73. The molecule has 2 aromatic rings. The zero-order valence-electron chi connectivity index (χ0n) is 20.9. The molecule has 36 heavy (non-hydrogen) atoms. The lowest BCUT2D eigenvalue weighted by Gasteiger charge is -2.38. The Morgan fingerprint density at radius 2 is 1.81 bits per heavy atom. The molecule has 1 fully saturated rings. The maximum absolute atomic E-state index is 13.2. The minimum Gasteiger partial charge on any atom is -0.388 e. The van der Waals surface area contributed by atoms with Crippen molar-refractivity contribution >= 4 is 5.57 Å². The fourth-order valence-corrected chi connectivity index (χ4v) is 6.15. The molecule has 0 amide bonds. The van der Waals surface area contributed by atoms with Gasteiger partial charge < -0.3 is 14.9 Å². The van der Waals surface area contributed by atoms with E-state index in [4.69, 9.17) is 9.72 Å². The quantitative estimate of drug-likeness (QED) is 0.492. The Morgan fingerprint density at radius 3 is 2.42 bits per heavy atom. The highest BCUT2D eigenvalue weighted by molar-refractivity contribution is 5.75. The third-order valence-corrected chi connectivity index (χ3v) is 7.90. The number of aliphatic hydroxyl groups is 2. The molecule has 0 spiro atoms. The number of hydrogen-bond acceptors (Lipinski definition) is 4. The van der Waals surface area contributed by atoms with Crippen LogP contribution in [0.5, 0.6) is 0 Å². The van der Waals surface area contributed by atoms with Crippen molar-refractivity contribution in [3.63, 3.8) is 0 Å². The van der Waals surface area contributed by atoms with Crippen molar-refractivity contribution in [1.29, 1.82) is 0 Å². The molecular formula is C29H34F3NO3. The number of benzene rings is 1. The summed E-state index contributed by atoms with van der Waals surface area (Å²) in [5, 5.41) is 23.1. The van der Waals surface area contributed by atoms with E-state index < -0.39 is 23.9 Å². The molecule has 194 valence electrons. The molecule has 1 aliphatic heterocycles. The van der Waals surface area contributed by atoms with E-state index in [0.717, 1.165) is 78.7 Å². The van der Waals surface area contributed by atoms with E-state index in [2.05, 4.69) is 19.9 Å². The minimum atomic E-state index is -4.44. The van der Waals surface area contributed by atoms with Crippen LogP contribution in [0.1, 0.15) is 110 Å². The van der Waals surface area contributed by atoms with E-state index in [1.807, 2.05) is 0 Å². The van der Waals surface area contributed by atoms with Gasteiger partial charge in [-0.25, -0.2) is 0 Å². The normalized spacial score (nSPS) is 23.3. The highest BCUT2D eigenvalue weighted by Crippen LogP contribution is 2.49. The Kier molecular flexibility index (Phi) is 6.77. The van der Waals surface area contributed by atoms with E-state index in [1.165, 1.54) is 12.1 Å². The van der Waals surface area contributed by atoms with Gasteiger partial charge in [-0.2, -0.15) is 13.2 Å². The summed E-state index contributed by atoms with van der Waals surface area (Å²) in [6, 6.07) is 4.74. The molecule has 5 rings (SSSR count). The number of ether oxygens (including phenoxy) is 1. The van der Waals surface area contributed by atoms with Crippen LogP contribution in [-0.4, -0.2) is 28.4 Å². The fourth-order valence-electron chi connectivity index (χ4n) is 6.15. The predicted octanol–water partition coefficient (Wildman–Crippen LogP) is 6.65. The maximum atomic E-state index is 13.2. The Labute approximate surface area is 210 Å². The average Bonchev–Trinajstić information content (AvgIpc) is 3.36. The molecule has 0 saturated carbocycles. The second kappa shape index (κ2) is 9.58. The first-order valence-electron chi connectivity index (χ1n) is 12.9. The number of nitrogens with zero attached hydrogens (tertiary/aromatic N) is 1. The molecule has 2 N–H and O–H groups in total. The number of aliphatic hydroxyl groups excluding tert-OH is 2. The molecule has 1 aromatic carbocycles. The molecule has 0 radical (unpaired) electrons. The third-order valence-electron chi connectivity index (χ3n) is 7.90. The molecule has 7 heteroatoms. The van der Waals surface area contributed by atoms with Crippen molar-refractivity contribution in [2.24, 2.45) is 5.41 Å². The SMILES string of the molecule is CC1(C)Cc2nc(C3CCOCC3)c([C@H](O)c3ccc(C(F)(F)F)cc3)c(C3=CCCC3)c2[C@@H](O)C1. The molecule has 1 aromatic heterocycles. The van der Waals surface area contributed by atoms with Gasteiger partial charge in [-0.05, 0) is 79.2 Å². The number of rotatable bonds is 4. The Bertz CT molecular complexity index is 1150. The van der Waals surface area contributed by atoms with E-state index >= 15 is 0 Å². The van der Waals surface area contributed by atoms with Gasteiger partial charge >= 0.3 is 6.18 Å². The summed E-state index contributed by atoms with van der Waals surface area (Å²) in [5.74, 6) is 0.0751. The lowest BCUT2D eigenvalue weighted by atomic mass is 9.71. The fraction of sp³-hybridized carbons (Fsp3) is 0.552. The van der Waals surface area contributed by atoms with Crippen LogP contribution in [0.15, 0.2) is 30.3 Å². The number of allylic oxidation sites excluding steroid dienone is 2. The number of halogens is 3. The average molecular weight is 502 g/mol. The summed E-state index contributed by atoms with van der Waals surface area (Å²) in [5.41, 5.74) is 4.62. The highest BCUT2D eigenvalue weighted by atomic mass is 19.4. The first kappa shape index (κ1) is 25.4. The molecule has 0 bridgehead atoms. The smallest absolute Gasteiger partial charge is 0.388 e. The molecule has 1 saturated heterocycles. The van der Waals surface area contributed by atoms with E-state index in [1.54, 1.807) is 0 Å². The van der Waals surface area contributed by atoms with Crippen molar-refractivity contribution in [3.8, 4) is 0 Å². The first-order chi connectivity index (χ1) is 17.0. The summed E-state index contributed by atoms with van der Waals surface area (Å²) in [7, 11) is 0. The molecule has 2 atom stereocenters.